The maximum Gasteiger partial charge on any atom is 0.264 e. The van der Waals surface area contributed by atoms with E-state index in [1.54, 1.807) is 67.6 Å². The van der Waals surface area contributed by atoms with Crippen molar-refractivity contribution in [3.8, 4) is 0 Å². The van der Waals surface area contributed by atoms with E-state index in [0.717, 1.165) is 4.31 Å². The molecule has 2 amide bonds. The van der Waals surface area contributed by atoms with Gasteiger partial charge in [-0.1, -0.05) is 90.2 Å². The molecule has 214 valence electrons. The number of benzene rings is 3. The fourth-order valence-electron chi connectivity index (χ4n) is 4.06. The van der Waals surface area contributed by atoms with Crippen molar-refractivity contribution >= 4 is 66.7 Å². The van der Waals surface area contributed by atoms with E-state index in [4.69, 9.17) is 23.2 Å². The van der Waals surface area contributed by atoms with Gasteiger partial charge in [-0.05, 0) is 60.4 Å². The molecule has 3 aromatic carbocycles. The molecule has 0 saturated heterocycles. The lowest BCUT2D eigenvalue weighted by molar-refractivity contribution is -0.140. The van der Waals surface area contributed by atoms with E-state index in [2.05, 4.69) is 21.2 Å². The first-order chi connectivity index (χ1) is 18.9. The Kier molecular flexibility index (Phi) is 11.5. The van der Waals surface area contributed by atoms with Crippen LogP contribution in [0.2, 0.25) is 10.0 Å². The van der Waals surface area contributed by atoms with Gasteiger partial charge in [-0.3, -0.25) is 13.9 Å². The molecule has 1 atom stereocenters. The monoisotopic (exact) mass is 667 g/mol. The zero-order chi connectivity index (χ0) is 29.4. The number of carbonyl (C=O) groups is 2. The Hall–Kier alpha value is -2.59. The topological polar surface area (TPSA) is 86.8 Å². The maximum atomic E-state index is 14.1. The lowest BCUT2D eigenvalue weighted by atomic mass is 10.1. The van der Waals surface area contributed by atoms with Gasteiger partial charge in [-0.25, -0.2) is 8.42 Å². The summed E-state index contributed by atoms with van der Waals surface area (Å²) in [5.74, 6) is -0.675. The second-order valence-corrected chi connectivity index (χ2v) is 13.2. The smallest absolute Gasteiger partial charge is 0.264 e. The summed E-state index contributed by atoms with van der Waals surface area (Å²) in [5, 5.41) is 3.67. The summed E-state index contributed by atoms with van der Waals surface area (Å²) in [6.45, 7) is 5.64. The molecule has 0 spiro atoms. The zero-order valence-electron chi connectivity index (χ0n) is 22.5. The average Bonchev–Trinajstić information content (AvgIpc) is 2.91. The molecule has 0 aliphatic heterocycles. The van der Waals surface area contributed by atoms with Gasteiger partial charge in [0.05, 0.1) is 10.6 Å². The number of anilines is 1. The number of hydrogen-bond donors (Lipinski definition) is 1. The first kappa shape index (κ1) is 31.9. The maximum absolute atomic E-state index is 14.1. The summed E-state index contributed by atoms with van der Waals surface area (Å²) in [7, 11) is -4.14. The van der Waals surface area contributed by atoms with Gasteiger partial charge in [-0.2, -0.15) is 0 Å². The number of sulfonamides is 1. The van der Waals surface area contributed by atoms with Crippen LogP contribution in [-0.4, -0.2) is 44.3 Å². The Bertz CT molecular complexity index is 1440. The average molecular weight is 669 g/mol. The van der Waals surface area contributed by atoms with Gasteiger partial charge in [-0.15, -0.1) is 0 Å². The highest BCUT2D eigenvalue weighted by Crippen LogP contribution is 2.28. The van der Waals surface area contributed by atoms with Crippen molar-refractivity contribution in [3.05, 3.63) is 92.9 Å². The van der Waals surface area contributed by atoms with E-state index in [9.17, 15) is 18.0 Å². The van der Waals surface area contributed by atoms with Crippen LogP contribution >= 0.6 is 39.1 Å². The number of halogens is 3. The molecule has 3 aromatic rings. The Morgan fingerprint density at radius 2 is 1.68 bits per heavy atom. The van der Waals surface area contributed by atoms with Crippen LogP contribution in [0.3, 0.4) is 0 Å². The molecular formula is C29H32BrCl2N3O4S. The summed E-state index contributed by atoms with van der Waals surface area (Å²) in [6, 6.07) is 18.7. The fraction of sp³-hybridized carbons (Fsp3) is 0.310. The van der Waals surface area contributed by atoms with E-state index >= 15 is 0 Å². The second kappa shape index (κ2) is 14.3. The molecule has 0 aromatic heterocycles. The largest absolute Gasteiger partial charge is 0.354 e. The van der Waals surface area contributed by atoms with E-state index in [-0.39, 0.29) is 23.3 Å². The Morgan fingerprint density at radius 3 is 2.27 bits per heavy atom. The minimum absolute atomic E-state index is 0.0137. The van der Waals surface area contributed by atoms with Crippen LogP contribution in [0.4, 0.5) is 5.69 Å². The molecule has 0 bridgehead atoms. The minimum Gasteiger partial charge on any atom is -0.354 e. The highest BCUT2D eigenvalue weighted by Gasteiger charge is 2.34. The quantitative estimate of drug-likeness (QED) is 0.238. The first-order valence-electron chi connectivity index (χ1n) is 12.8. The Morgan fingerprint density at radius 1 is 0.975 bits per heavy atom. The van der Waals surface area contributed by atoms with Crippen molar-refractivity contribution in [3.63, 3.8) is 0 Å². The van der Waals surface area contributed by atoms with Gasteiger partial charge < -0.3 is 10.2 Å². The minimum atomic E-state index is -4.14. The standard InChI is InChI=1S/C29H32BrCl2N3O4S/c1-4-27(29(37)33-17-20(2)3)34(18-21-13-14-23(31)16-26(21)32)28(36)19-35(24-10-8-9-22(30)15-24)40(38,39)25-11-6-5-7-12-25/h5-16,20,27H,4,17-19H2,1-3H3,(H,33,37)/t27-/m1/s1. The van der Waals surface area contributed by atoms with Crippen LogP contribution in [0.15, 0.2) is 82.2 Å². The summed E-state index contributed by atoms with van der Waals surface area (Å²) in [6.07, 6.45) is 0.309. The predicted octanol–water partition coefficient (Wildman–Crippen LogP) is 6.53. The highest BCUT2D eigenvalue weighted by molar-refractivity contribution is 9.10. The second-order valence-electron chi connectivity index (χ2n) is 9.63. The van der Waals surface area contributed by atoms with Crippen LogP contribution in [0.25, 0.3) is 0 Å². The van der Waals surface area contributed by atoms with Crippen molar-refractivity contribution < 1.29 is 18.0 Å². The van der Waals surface area contributed by atoms with Crippen molar-refractivity contribution in [2.45, 2.75) is 44.7 Å². The summed E-state index contributed by atoms with van der Waals surface area (Å²) < 4.78 is 29.4. The SMILES string of the molecule is CC[C@H](C(=O)NCC(C)C)N(Cc1ccc(Cl)cc1Cl)C(=O)CN(c1cccc(Br)c1)S(=O)(=O)c1ccccc1. The number of hydrogen-bond acceptors (Lipinski definition) is 4. The van der Waals surface area contributed by atoms with E-state index < -0.39 is 28.5 Å². The van der Waals surface area contributed by atoms with Gasteiger partial charge in [0.2, 0.25) is 11.8 Å². The molecule has 0 heterocycles. The number of rotatable bonds is 12. The van der Waals surface area contributed by atoms with Crippen LogP contribution in [0.5, 0.6) is 0 Å². The molecular weight excluding hydrogens is 637 g/mol. The molecule has 40 heavy (non-hydrogen) atoms. The summed E-state index contributed by atoms with van der Waals surface area (Å²) in [5.41, 5.74) is 0.878. The Balaban J connectivity index is 2.06. The third kappa shape index (κ3) is 8.22. The number of carbonyl (C=O) groups excluding carboxylic acids is 2. The van der Waals surface area contributed by atoms with Crippen LogP contribution < -0.4 is 9.62 Å². The van der Waals surface area contributed by atoms with Crippen LogP contribution in [0.1, 0.15) is 32.8 Å². The molecule has 3 rings (SSSR count). The molecule has 7 nitrogen and oxygen atoms in total. The van der Waals surface area contributed by atoms with Gasteiger partial charge in [0.25, 0.3) is 10.0 Å². The summed E-state index contributed by atoms with van der Waals surface area (Å²) >= 11 is 15.9. The number of amides is 2. The van der Waals surface area contributed by atoms with Crippen molar-refractivity contribution in [1.82, 2.24) is 10.2 Å². The van der Waals surface area contributed by atoms with E-state index in [1.807, 2.05) is 13.8 Å². The number of nitrogens with one attached hydrogen (secondary N) is 1. The van der Waals surface area contributed by atoms with Gasteiger partial charge in [0, 0.05) is 27.6 Å². The number of nitrogens with zero attached hydrogens (tertiary/aromatic N) is 2. The molecule has 0 saturated carbocycles. The van der Waals surface area contributed by atoms with Crippen molar-refractivity contribution in [1.29, 1.82) is 0 Å². The summed E-state index contributed by atoms with van der Waals surface area (Å²) in [4.78, 5) is 28.8. The fourth-order valence-corrected chi connectivity index (χ4v) is 6.34. The molecule has 0 aliphatic carbocycles. The zero-order valence-corrected chi connectivity index (χ0v) is 26.4. The van der Waals surface area contributed by atoms with Crippen molar-refractivity contribution in [2.75, 3.05) is 17.4 Å². The van der Waals surface area contributed by atoms with Crippen LogP contribution in [0, 0.1) is 5.92 Å². The predicted molar refractivity (Wildman–Crippen MR) is 164 cm³/mol. The van der Waals surface area contributed by atoms with Crippen LogP contribution in [-0.2, 0) is 26.2 Å². The highest BCUT2D eigenvalue weighted by atomic mass is 79.9. The lowest BCUT2D eigenvalue weighted by Crippen LogP contribution is -2.52. The molecule has 0 fully saturated rings. The third-order valence-electron chi connectivity index (χ3n) is 6.13. The molecule has 0 aliphatic rings. The Labute approximate surface area is 254 Å². The molecule has 1 N–H and O–H groups in total. The first-order valence-corrected chi connectivity index (χ1v) is 15.8. The molecule has 11 heteroatoms. The van der Waals surface area contributed by atoms with Gasteiger partial charge in [0.1, 0.15) is 12.6 Å². The van der Waals surface area contributed by atoms with Crippen molar-refractivity contribution in [2.24, 2.45) is 5.92 Å². The van der Waals surface area contributed by atoms with E-state index in [0.29, 0.717) is 38.7 Å². The van der Waals surface area contributed by atoms with E-state index in [1.165, 1.54) is 17.0 Å². The van der Waals surface area contributed by atoms with Gasteiger partial charge >= 0.3 is 0 Å². The molecule has 0 unspecified atom stereocenters. The normalized spacial score (nSPS) is 12.2. The molecule has 0 radical (unpaired) electrons. The third-order valence-corrected chi connectivity index (χ3v) is 9.00. The lowest BCUT2D eigenvalue weighted by Gasteiger charge is -2.33. The van der Waals surface area contributed by atoms with Gasteiger partial charge in [0.15, 0.2) is 0 Å².